The van der Waals surface area contributed by atoms with Crippen LogP contribution in [0.25, 0.3) is 11.1 Å². The van der Waals surface area contributed by atoms with Crippen molar-refractivity contribution in [1.82, 2.24) is 0 Å². The highest BCUT2D eigenvalue weighted by atomic mass is 14.5. The van der Waals surface area contributed by atoms with Gasteiger partial charge < -0.3 is 5.73 Å². The lowest BCUT2D eigenvalue weighted by molar-refractivity contribution is 1.07. The van der Waals surface area contributed by atoms with Crippen LogP contribution >= 0.6 is 0 Å². The molecule has 3 aromatic carbocycles. The molecule has 0 aromatic heterocycles. The van der Waals surface area contributed by atoms with Crippen LogP contribution in [0.3, 0.4) is 0 Å². The monoisotopic (exact) mass is 261 g/mol. The molecule has 0 spiro atoms. The first-order valence-corrected chi connectivity index (χ1v) is 6.74. The zero-order valence-corrected chi connectivity index (χ0v) is 11.4. The normalized spacial score (nSPS) is 9.45. The van der Waals surface area contributed by atoms with Gasteiger partial charge in [-0.3, -0.25) is 0 Å². The molecule has 0 saturated heterocycles. The molecule has 1 nitrogen and oxygen atoms in total. The van der Waals surface area contributed by atoms with Crippen molar-refractivity contribution in [3.63, 3.8) is 0 Å². The summed E-state index contributed by atoms with van der Waals surface area (Å²) in [5.41, 5.74) is 9.09. The molecule has 1 heteroatoms. The summed E-state index contributed by atoms with van der Waals surface area (Å²) in [6.45, 7) is 0.640. The Labute approximate surface area is 120 Å². The largest absolute Gasteiger partial charge is 0.326 e. The molecule has 100 valence electrons. The van der Waals surface area contributed by atoms with Crippen LogP contribution in [0, 0.1) is 0 Å². The van der Waals surface area contributed by atoms with E-state index in [-0.39, 0.29) is 0 Å². The Morgan fingerprint density at radius 3 is 1.15 bits per heavy atom. The number of hydrogen-bond acceptors (Lipinski definition) is 1. The Balaban J connectivity index is 0.000000160. The summed E-state index contributed by atoms with van der Waals surface area (Å²) >= 11 is 0. The van der Waals surface area contributed by atoms with E-state index >= 15 is 0 Å². The highest BCUT2D eigenvalue weighted by Gasteiger charge is 1.91. The molecule has 0 radical (unpaired) electrons. The van der Waals surface area contributed by atoms with Gasteiger partial charge >= 0.3 is 0 Å². The van der Waals surface area contributed by atoms with Crippen molar-refractivity contribution in [2.24, 2.45) is 5.73 Å². The van der Waals surface area contributed by atoms with Crippen LogP contribution in [0.15, 0.2) is 91.0 Å². The molecule has 3 rings (SSSR count). The smallest absolute Gasteiger partial charge is 0.0178 e. The van der Waals surface area contributed by atoms with Crippen molar-refractivity contribution < 1.29 is 0 Å². The van der Waals surface area contributed by atoms with E-state index in [4.69, 9.17) is 5.73 Å². The Hall–Kier alpha value is -2.38. The molecular weight excluding hydrogens is 242 g/mol. The maximum atomic E-state index is 5.35. The van der Waals surface area contributed by atoms with E-state index in [2.05, 4.69) is 48.5 Å². The van der Waals surface area contributed by atoms with Crippen molar-refractivity contribution in [2.45, 2.75) is 6.54 Å². The lowest BCUT2D eigenvalue weighted by Gasteiger charge is -1.98. The molecule has 0 bridgehead atoms. The molecule has 0 aliphatic heterocycles. The van der Waals surface area contributed by atoms with Gasteiger partial charge in [0.2, 0.25) is 0 Å². The minimum Gasteiger partial charge on any atom is -0.326 e. The number of benzene rings is 3. The average molecular weight is 261 g/mol. The maximum absolute atomic E-state index is 5.35. The summed E-state index contributed by atoms with van der Waals surface area (Å²) in [6.07, 6.45) is 0. The third-order valence-corrected chi connectivity index (χ3v) is 2.96. The van der Waals surface area contributed by atoms with Crippen LogP contribution in [0.1, 0.15) is 5.56 Å². The molecule has 20 heavy (non-hydrogen) atoms. The van der Waals surface area contributed by atoms with Gasteiger partial charge in [0.05, 0.1) is 0 Å². The fraction of sp³-hybridized carbons (Fsp3) is 0.0526. The topological polar surface area (TPSA) is 26.0 Å². The van der Waals surface area contributed by atoms with Crippen LogP contribution in [0.2, 0.25) is 0 Å². The molecule has 0 saturated carbocycles. The number of hydrogen-bond donors (Lipinski definition) is 1. The Morgan fingerprint density at radius 2 is 0.850 bits per heavy atom. The highest BCUT2D eigenvalue weighted by molar-refractivity contribution is 5.62. The van der Waals surface area contributed by atoms with Crippen molar-refractivity contribution in [3.8, 4) is 11.1 Å². The van der Waals surface area contributed by atoms with Gasteiger partial charge in [-0.15, -0.1) is 0 Å². The molecule has 0 atom stereocenters. The van der Waals surface area contributed by atoms with Gasteiger partial charge in [-0.05, 0) is 16.7 Å². The first-order valence-electron chi connectivity index (χ1n) is 6.74. The Morgan fingerprint density at radius 1 is 0.500 bits per heavy atom. The molecular formula is C19H19N. The standard InChI is InChI=1S/C12H10.C7H9N/c1-3-7-11(8-4-1)12-9-5-2-6-10-12;8-6-7-4-2-1-3-5-7/h1-10H;1-5H,6,8H2. The van der Waals surface area contributed by atoms with Crippen LogP contribution in [0.5, 0.6) is 0 Å². The second-order valence-corrected chi connectivity index (χ2v) is 4.42. The lowest BCUT2D eigenvalue weighted by Crippen LogP contribution is -1.94. The fourth-order valence-electron chi connectivity index (χ4n) is 1.88. The molecule has 0 heterocycles. The minimum atomic E-state index is 0.640. The quantitative estimate of drug-likeness (QED) is 0.722. The van der Waals surface area contributed by atoms with Gasteiger partial charge in [0, 0.05) is 6.54 Å². The molecule has 0 aliphatic carbocycles. The van der Waals surface area contributed by atoms with Crippen LogP contribution in [-0.4, -0.2) is 0 Å². The SMILES string of the molecule is NCc1ccccc1.c1ccc(-c2ccccc2)cc1. The summed E-state index contributed by atoms with van der Waals surface area (Å²) in [4.78, 5) is 0. The van der Waals surface area contributed by atoms with Crippen molar-refractivity contribution >= 4 is 0 Å². The molecule has 2 N–H and O–H groups in total. The number of rotatable bonds is 2. The zero-order chi connectivity index (χ0) is 14.0. The van der Waals surface area contributed by atoms with E-state index in [9.17, 15) is 0 Å². The first kappa shape index (κ1) is 14.0. The third-order valence-electron chi connectivity index (χ3n) is 2.96. The second-order valence-electron chi connectivity index (χ2n) is 4.42. The van der Waals surface area contributed by atoms with Gasteiger partial charge in [-0.1, -0.05) is 91.0 Å². The second kappa shape index (κ2) is 7.93. The zero-order valence-electron chi connectivity index (χ0n) is 11.4. The van der Waals surface area contributed by atoms with Crippen LogP contribution < -0.4 is 5.73 Å². The summed E-state index contributed by atoms with van der Waals surface area (Å²) in [5, 5.41) is 0. The molecule has 0 aliphatic rings. The predicted octanol–water partition coefficient (Wildman–Crippen LogP) is 4.50. The third kappa shape index (κ3) is 4.38. The summed E-state index contributed by atoms with van der Waals surface area (Å²) in [5.74, 6) is 0. The maximum Gasteiger partial charge on any atom is 0.0178 e. The van der Waals surface area contributed by atoms with Gasteiger partial charge in [0.25, 0.3) is 0 Å². The van der Waals surface area contributed by atoms with Crippen molar-refractivity contribution in [3.05, 3.63) is 96.6 Å². The summed E-state index contributed by atoms with van der Waals surface area (Å²) < 4.78 is 0. The minimum absolute atomic E-state index is 0.640. The predicted molar refractivity (Wildman–Crippen MR) is 86.2 cm³/mol. The number of nitrogens with two attached hydrogens (primary N) is 1. The van der Waals surface area contributed by atoms with Gasteiger partial charge in [-0.2, -0.15) is 0 Å². The van der Waals surface area contributed by atoms with Gasteiger partial charge in [-0.25, -0.2) is 0 Å². The molecule has 0 amide bonds. The first-order chi connectivity index (χ1) is 9.90. The van der Waals surface area contributed by atoms with E-state index in [1.165, 1.54) is 16.7 Å². The molecule has 0 fully saturated rings. The fourth-order valence-corrected chi connectivity index (χ4v) is 1.88. The van der Waals surface area contributed by atoms with E-state index in [0.29, 0.717) is 6.54 Å². The Kier molecular flexibility index (Phi) is 5.56. The van der Waals surface area contributed by atoms with Gasteiger partial charge in [0.1, 0.15) is 0 Å². The highest BCUT2D eigenvalue weighted by Crippen LogP contribution is 2.17. The van der Waals surface area contributed by atoms with Crippen LogP contribution in [0.4, 0.5) is 0 Å². The summed E-state index contributed by atoms with van der Waals surface area (Å²) in [7, 11) is 0. The van der Waals surface area contributed by atoms with E-state index in [1.54, 1.807) is 0 Å². The van der Waals surface area contributed by atoms with Gasteiger partial charge in [0.15, 0.2) is 0 Å². The lowest BCUT2D eigenvalue weighted by atomic mass is 10.1. The van der Waals surface area contributed by atoms with E-state index in [1.807, 2.05) is 42.5 Å². The van der Waals surface area contributed by atoms with Crippen LogP contribution in [-0.2, 0) is 6.54 Å². The van der Waals surface area contributed by atoms with E-state index in [0.717, 1.165) is 0 Å². The average Bonchev–Trinajstić information content (AvgIpc) is 2.58. The van der Waals surface area contributed by atoms with E-state index < -0.39 is 0 Å². The molecule has 0 unspecified atom stereocenters. The van der Waals surface area contributed by atoms with Crippen molar-refractivity contribution in [2.75, 3.05) is 0 Å². The van der Waals surface area contributed by atoms with Crippen molar-refractivity contribution in [1.29, 1.82) is 0 Å². The summed E-state index contributed by atoms with van der Waals surface area (Å²) in [6, 6.07) is 30.8. The molecule has 3 aromatic rings. The Bertz CT molecular complexity index is 551.